The van der Waals surface area contributed by atoms with Gasteiger partial charge in [0.05, 0.1) is 16.6 Å². The molecule has 25 heavy (non-hydrogen) atoms. The molecule has 2 N–H and O–H groups in total. The van der Waals surface area contributed by atoms with Gasteiger partial charge in [-0.3, -0.25) is 4.79 Å². The third-order valence-corrected chi connectivity index (χ3v) is 5.05. The second-order valence-corrected chi connectivity index (χ2v) is 7.24. The zero-order chi connectivity index (χ0) is 17.7. The van der Waals surface area contributed by atoms with Gasteiger partial charge in [-0.05, 0) is 25.0 Å². The summed E-state index contributed by atoms with van der Waals surface area (Å²) < 4.78 is 32.1. The van der Waals surface area contributed by atoms with Gasteiger partial charge in [0.1, 0.15) is 0 Å². The molecule has 3 rings (SSSR count). The van der Waals surface area contributed by atoms with Crippen molar-refractivity contribution in [3.63, 3.8) is 0 Å². The van der Waals surface area contributed by atoms with Crippen LogP contribution in [-0.2, 0) is 14.8 Å². The average Bonchev–Trinajstić information content (AvgIpc) is 3.14. The van der Waals surface area contributed by atoms with E-state index in [1.165, 1.54) is 24.5 Å². The van der Waals surface area contributed by atoms with Crippen molar-refractivity contribution in [2.45, 2.75) is 23.8 Å². The number of anilines is 1. The molecule has 1 atom stereocenters. The third-order valence-electron chi connectivity index (χ3n) is 3.71. The standard InChI is InChI=1S/C16H18N4O4S/c21-15(17-11-13-5-4-8-24-13)12-9-18-16(19-10-12)20-25(22,23)14-6-2-1-3-7-14/h1-3,6-7,9-10,13H,4-5,8,11H2,(H,17,21)(H,18,19,20)/t13-/m1/s1. The summed E-state index contributed by atoms with van der Waals surface area (Å²) in [4.78, 5) is 19.9. The average molecular weight is 362 g/mol. The molecule has 2 aromatic rings. The van der Waals surface area contributed by atoms with Gasteiger partial charge in [-0.25, -0.2) is 23.1 Å². The first-order chi connectivity index (χ1) is 12.0. The fraction of sp³-hybridized carbons (Fsp3) is 0.312. The Balaban J connectivity index is 1.61. The highest BCUT2D eigenvalue weighted by atomic mass is 32.2. The molecule has 0 saturated carbocycles. The molecular weight excluding hydrogens is 344 g/mol. The van der Waals surface area contributed by atoms with Crippen LogP contribution in [-0.4, -0.2) is 43.5 Å². The van der Waals surface area contributed by atoms with Gasteiger partial charge < -0.3 is 10.1 Å². The lowest BCUT2D eigenvalue weighted by molar-refractivity contribution is 0.0857. The number of benzene rings is 1. The maximum Gasteiger partial charge on any atom is 0.264 e. The van der Waals surface area contributed by atoms with Gasteiger partial charge in [0.2, 0.25) is 5.95 Å². The molecule has 1 saturated heterocycles. The lowest BCUT2D eigenvalue weighted by Crippen LogP contribution is -2.31. The van der Waals surface area contributed by atoms with Crippen molar-refractivity contribution in [3.05, 3.63) is 48.3 Å². The first-order valence-electron chi connectivity index (χ1n) is 7.84. The highest BCUT2D eigenvalue weighted by molar-refractivity contribution is 7.92. The van der Waals surface area contributed by atoms with Crippen molar-refractivity contribution >= 4 is 21.9 Å². The molecule has 1 fully saturated rings. The van der Waals surface area contributed by atoms with Gasteiger partial charge in [0.15, 0.2) is 0 Å². The van der Waals surface area contributed by atoms with Crippen molar-refractivity contribution in [3.8, 4) is 0 Å². The summed E-state index contributed by atoms with van der Waals surface area (Å²) in [6.45, 7) is 1.15. The van der Waals surface area contributed by atoms with Crippen LogP contribution in [0.2, 0.25) is 0 Å². The van der Waals surface area contributed by atoms with E-state index in [1.54, 1.807) is 18.2 Å². The number of aromatic nitrogens is 2. The van der Waals surface area contributed by atoms with E-state index >= 15 is 0 Å². The van der Waals surface area contributed by atoms with Crippen LogP contribution < -0.4 is 10.0 Å². The zero-order valence-electron chi connectivity index (χ0n) is 13.4. The number of carbonyl (C=O) groups is 1. The fourth-order valence-electron chi connectivity index (χ4n) is 2.39. The van der Waals surface area contributed by atoms with E-state index in [0.29, 0.717) is 6.54 Å². The van der Waals surface area contributed by atoms with Crippen LogP contribution in [0.3, 0.4) is 0 Å². The Hall–Kier alpha value is -2.52. The molecule has 1 aromatic heterocycles. The zero-order valence-corrected chi connectivity index (χ0v) is 14.2. The number of rotatable bonds is 6. The molecule has 1 amide bonds. The van der Waals surface area contributed by atoms with Crippen LogP contribution in [0.1, 0.15) is 23.2 Å². The molecule has 132 valence electrons. The Morgan fingerprint density at radius 3 is 2.56 bits per heavy atom. The van der Waals surface area contributed by atoms with E-state index in [-0.39, 0.29) is 28.4 Å². The number of nitrogens with one attached hydrogen (secondary N) is 2. The Bertz CT molecular complexity index is 819. The van der Waals surface area contributed by atoms with Crippen molar-refractivity contribution in [1.82, 2.24) is 15.3 Å². The van der Waals surface area contributed by atoms with E-state index < -0.39 is 10.0 Å². The Morgan fingerprint density at radius 1 is 1.20 bits per heavy atom. The summed E-state index contributed by atoms with van der Waals surface area (Å²) in [5, 5.41) is 2.75. The van der Waals surface area contributed by atoms with Gasteiger partial charge in [-0.2, -0.15) is 0 Å². The lowest BCUT2D eigenvalue weighted by Gasteiger charge is -2.11. The highest BCUT2D eigenvalue weighted by Crippen LogP contribution is 2.13. The van der Waals surface area contributed by atoms with Crippen LogP contribution in [0.5, 0.6) is 0 Å². The van der Waals surface area contributed by atoms with Crippen LogP contribution >= 0.6 is 0 Å². The molecule has 0 bridgehead atoms. The molecular formula is C16H18N4O4S. The van der Waals surface area contributed by atoms with Gasteiger partial charge in [0, 0.05) is 25.5 Å². The number of nitrogens with zero attached hydrogens (tertiary/aromatic N) is 2. The van der Waals surface area contributed by atoms with E-state index in [1.807, 2.05) is 0 Å². The van der Waals surface area contributed by atoms with Crippen molar-refractivity contribution in [2.24, 2.45) is 0 Å². The molecule has 0 spiro atoms. The number of amides is 1. The molecule has 1 aliphatic heterocycles. The minimum Gasteiger partial charge on any atom is -0.376 e. The SMILES string of the molecule is O=C(NC[C@H]1CCCO1)c1cnc(NS(=O)(=O)c2ccccc2)nc1. The monoisotopic (exact) mass is 362 g/mol. The summed E-state index contributed by atoms with van der Waals surface area (Å²) in [6, 6.07) is 7.90. The van der Waals surface area contributed by atoms with Crippen LogP contribution in [0, 0.1) is 0 Å². The van der Waals surface area contributed by atoms with Gasteiger partial charge in [-0.15, -0.1) is 0 Å². The first kappa shape index (κ1) is 17.3. The van der Waals surface area contributed by atoms with Crippen LogP contribution in [0.4, 0.5) is 5.95 Å². The fourth-order valence-corrected chi connectivity index (χ4v) is 3.37. The number of carbonyl (C=O) groups excluding carboxylic acids is 1. The van der Waals surface area contributed by atoms with Crippen LogP contribution in [0.25, 0.3) is 0 Å². The second kappa shape index (κ2) is 7.58. The Kier molecular flexibility index (Phi) is 5.25. The van der Waals surface area contributed by atoms with Crippen molar-refractivity contribution in [1.29, 1.82) is 0 Å². The maximum absolute atomic E-state index is 12.2. The number of hydrogen-bond donors (Lipinski definition) is 2. The Morgan fingerprint density at radius 2 is 1.92 bits per heavy atom. The predicted octanol–water partition coefficient (Wildman–Crippen LogP) is 1.19. The van der Waals surface area contributed by atoms with Gasteiger partial charge >= 0.3 is 0 Å². The van der Waals surface area contributed by atoms with E-state index in [2.05, 4.69) is 20.0 Å². The molecule has 9 heteroatoms. The molecule has 1 aromatic carbocycles. The smallest absolute Gasteiger partial charge is 0.264 e. The van der Waals surface area contributed by atoms with E-state index in [4.69, 9.17) is 4.74 Å². The minimum absolute atomic E-state index is 0.0434. The maximum atomic E-state index is 12.2. The number of sulfonamides is 1. The van der Waals surface area contributed by atoms with Crippen LogP contribution in [0.15, 0.2) is 47.6 Å². The molecule has 2 heterocycles. The highest BCUT2D eigenvalue weighted by Gasteiger charge is 2.18. The van der Waals surface area contributed by atoms with E-state index in [0.717, 1.165) is 19.4 Å². The summed E-state index contributed by atoms with van der Waals surface area (Å²) in [7, 11) is -3.76. The topological polar surface area (TPSA) is 110 Å². The van der Waals surface area contributed by atoms with Crippen molar-refractivity contribution in [2.75, 3.05) is 17.9 Å². The predicted molar refractivity (Wildman–Crippen MR) is 90.6 cm³/mol. The quantitative estimate of drug-likeness (QED) is 0.799. The molecule has 0 radical (unpaired) electrons. The molecule has 8 nitrogen and oxygen atoms in total. The molecule has 1 aliphatic rings. The third kappa shape index (κ3) is 4.52. The lowest BCUT2D eigenvalue weighted by atomic mass is 10.2. The normalized spacial score (nSPS) is 17.2. The first-order valence-corrected chi connectivity index (χ1v) is 9.32. The van der Waals surface area contributed by atoms with Crippen molar-refractivity contribution < 1.29 is 17.9 Å². The minimum atomic E-state index is -3.76. The Labute approximate surface area is 145 Å². The van der Waals surface area contributed by atoms with Gasteiger partial charge in [-0.1, -0.05) is 18.2 Å². The molecule has 0 unspecified atom stereocenters. The second-order valence-electron chi connectivity index (χ2n) is 5.56. The molecule has 0 aliphatic carbocycles. The number of ether oxygens (including phenoxy) is 1. The summed E-state index contributed by atoms with van der Waals surface area (Å²) >= 11 is 0. The largest absolute Gasteiger partial charge is 0.376 e. The summed E-state index contributed by atoms with van der Waals surface area (Å²) in [6.07, 6.45) is 4.53. The summed E-state index contributed by atoms with van der Waals surface area (Å²) in [5.41, 5.74) is 0.251. The number of hydrogen-bond acceptors (Lipinski definition) is 6. The van der Waals surface area contributed by atoms with Gasteiger partial charge in [0.25, 0.3) is 15.9 Å². The summed E-state index contributed by atoms with van der Waals surface area (Å²) in [5.74, 6) is -0.424. The van der Waals surface area contributed by atoms with E-state index in [9.17, 15) is 13.2 Å².